The van der Waals surface area contributed by atoms with Crippen LogP contribution in [0.25, 0.3) is 0 Å². The molecule has 0 radical (unpaired) electrons. The van der Waals surface area contributed by atoms with Crippen molar-refractivity contribution in [3.8, 4) is 0 Å². The van der Waals surface area contributed by atoms with E-state index in [0.717, 1.165) is 28.8 Å². The molecule has 0 aromatic heterocycles. The van der Waals surface area contributed by atoms with Crippen LogP contribution in [0, 0.1) is 0 Å². The van der Waals surface area contributed by atoms with Gasteiger partial charge in [-0.1, -0.05) is 61.0 Å². The topological polar surface area (TPSA) is 32.7 Å². The standard InChI is InChI=1S/C21H23ClN2O/c1-4-14(2)24(3)21(25)19-13-15-9-5-6-10-16(15)20(23-19)17-11-7-8-12-18(17)22/h5-12,14,19H,4,13H2,1-3H3. The molecular weight excluding hydrogens is 332 g/mol. The highest BCUT2D eigenvalue weighted by atomic mass is 35.5. The molecule has 4 heteroatoms. The smallest absolute Gasteiger partial charge is 0.247 e. The molecule has 3 nitrogen and oxygen atoms in total. The number of carbonyl (C=O) groups excluding carboxylic acids is 1. The lowest BCUT2D eigenvalue weighted by Gasteiger charge is -2.30. The number of amides is 1. The second kappa shape index (κ2) is 7.40. The number of nitrogens with zero attached hydrogens (tertiary/aromatic N) is 2. The third kappa shape index (κ3) is 3.47. The first-order valence-corrected chi connectivity index (χ1v) is 9.08. The third-order valence-corrected chi connectivity index (χ3v) is 5.31. The van der Waals surface area contributed by atoms with Gasteiger partial charge in [-0.2, -0.15) is 0 Å². The van der Waals surface area contributed by atoms with Crippen LogP contribution in [0.2, 0.25) is 5.02 Å². The molecule has 0 aliphatic carbocycles. The lowest BCUT2D eigenvalue weighted by Crippen LogP contribution is -2.43. The normalized spacial score (nSPS) is 17.4. The second-order valence-electron chi connectivity index (χ2n) is 6.54. The maximum Gasteiger partial charge on any atom is 0.247 e. The van der Waals surface area contributed by atoms with E-state index in [4.69, 9.17) is 16.6 Å². The lowest BCUT2D eigenvalue weighted by molar-refractivity contribution is -0.133. The molecule has 0 bridgehead atoms. The van der Waals surface area contributed by atoms with Gasteiger partial charge in [0, 0.05) is 35.7 Å². The molecule has 1 aliphatic rings. The van der Waals surface area contributed by atoms with Gasteiger partial charge in [0.15, 0.2) is 0 Å². The van der Waals surface area contributed by atoms with Crippen molar-refractivity contribution in [1.82, 2.24) is 4.90 Å². The summed E-state index contributed by atoms with van der Waals surface area (Å²) in [7, 11) is 1.86. The quantitative estimate of drug-likeness (QED) is 0.803. The Bertz CT molecular complexity index is 815. The van der Waals surface area contributed by atoms with Crippen LogP contribution in [0.15, 0.2) is 53.5 Å². The Balaban J connectivity index is 2.05. The fourth-order valence-electron chi connectivity index (χ4n) is 3.15. The van der Waals surface area contributed by atoms with E-state index in [1.54, 1.807) is 0 Å². The Morgan fingerprint density at radius 2 is 1.84 bits per heavy atom. The molecule has 2 aromatic carbocycles. The summed E-state index contributed by atoms with van der Waals surface area (Å²) < 4.78 is 0. The number of fused-ring (bicyclic) bond motifs is 1. The van der Waals surface area contributed by atoms with Gasteiger partial charge in [0.25, 0.3) is 0 Å². The predicted octanol–water partition coefficient (Wildman–Crippen LogP) is 4.36. The maximum absolute atomic E-state index is 13.0. The highest BCUT2D eigenvalue weighted by Gasteiger charge is 2.30. The molecule has 3 rings (SSSR count). The third-order valence-electron chi connectivity index (χ3n) is 4.98. The number of aliphatic imine (C=N–C) groups is 1. The summed E-state index contributed by atoms with van der Waals surface area (Å²) in [5.41, 5.74) is 3.89. The number of rotatable bonds is 4. The average molecular weight is 355 g/mol. The van der Waals surface area contributed by atoms with Crippen molar-refractivity contribution in [3.05, 3.63) is 70.2 Å². The van der Waals surface area contributed by atoms with Crippen LogP contribution in [0.5, 0.6) is 0 Å². The zero-order valence-electron chi connectivity index (χ0n) is 14.9. The van der Waals surface area contributed by atoms with E-state index in [9.17, 15) is 4.79 Å². The van der Waals surface area contributed by atoms with Crippen LogP contribution in [0.4, 0.5) is 0 Å². The highest BCUT2D eigenvalue weighted by Crippen LogP contribution is 2.28. The van der Waals surface area contributed by atoms with Gasteiger partial charge >= 0.3 is 0 Å². The number of hydrogen-bond acceptors (Lipinski definition) is 2. The molecule has 1 amide bonds. The monoisotopic (exact) mass is 354 g/mol. The van der Waals surface area contributed by atoms with Gasteiger partial charge in [0.1, 0.15) is 6.04 Å². The molecule has 2 aromatic rings. The summed E-state index contributed by atoms with van der Waals surface area (Å²) in [5.74, 6) is 0.0633. The van der Waals surface area contributed by atoms with Gasteiger partial charge < -0.3 is 4.90 Å². The Morgan fingerprint density at radius 3 is 2.52 bits per heavy atom. The number of carbonyl (C=O) groups is 1. The van der Waals surface area contributed by atoms with Crippen LogP contribution >= 0.6 is 11.6 Å². The van der Waals surface area contributed by atoms with E-state index in [2.05, 4.69) is 26.0 Å². The van der Waals surface area contributed by atoms with Gasteiger partial charge in [0.05, 0.1) is 5.71 Å². The predicted molar refractivity (Wildman–Crippen MR) is 104 cm³/mol. The molecule has 0 N–H and O–H groups in total. The van der Waals surface area contributed by atoms with Crippen molar-refractivity contribution < 1.29 is 4.79 Å². The summed E-state index contributed by atoms with van der Waals surface area (Å²) in [5, 5.41) is 0.652. The van der Waals surface area contributed by atoms with Crippen molar-refractivity contribution >= 4 is 23.2 Å². The minimum absolute atomic E-state index is 0.0633. The van der Waals surface area contributed by atoms with E-state index in [0.29, 0.717) is 11.4 Å². The first kappa shape index (κ1) is 17.7. The SMILES string of the molecule is CCC(C)N(C)C(=O)C1Cc2ccccc2C(c2ccccc2Cl)=N1. The first-order valence-electron chi connectivity index (χ1n) is 8.70. The van der Waals surface area contributed by atoms with Crippen molar-refractivity contribution in [2.24, 2.45) is 4.99 Å². The molecule has 130 valence electrons. The van der Waals surface area contributed by atoms with Gasteiger partial charge in [-0.3, -0.25) is 9.79 Å². The Kier molecular flexibility index (Phi) is 5.24. The minimum atomic E-state index is -0.403. The Morgan fingerprint density at radius 1 is 1.20 bits per heavy atom. The molecule has 1 aliphatic heterocycles. The zero-order chi connectivity index (χ0) is 18.0. The number of halogens is 1. The lowest BCUT2D eigenvalue weighted by atomic mass is 9.90. The van der Waals surface area contributed by atoms with Crippen molar-refractivity contribution in [2.45, 2.75) is 38.8 Å². The molecule has 0 saturated heterocycles. The van der Waals surface area contributed by atoms with E-state index >= 15 is 0 Å². The van der Waals surface area contributed by atoms with Crippen LogP contribution in [-0.2, 0) is 11.2 Å². The largest absolute Gasteiger partial charge is 0.341 e. The van der Waals surface area contributed by atoms with E-state index in [1.165, 1.54) is 0 Å². The Labute approximate surface area is 154 Å². The molecule has 0 saturated carbocycles. The van der Waals surface area contributed by atoms with Crippen molar-refractivity contribution in [3.63, 3.8) is 0 Å². The number of likely N-dealkylation sites (N-methyl/N-ethyl adjacent to an activating group) is 1. The van der Waals surface area contributed by atoms with E-state index in [-0.39, 0.29) is 11.9 Å². The van der Waals surface area contributed by atoms with E-state index < -0.39 is 6.04 Å². The molecule has 2 unspecified atom stereocenters. The zero-order valence-corrected chi connectivity index (χ0v) is 15.6. The maximum atomic E-state index is 13.0. The fraction of sp³-hybridized carbons (Fsp3) is 0.333. The van der Waals surface area contributed by atoms with Crippen molar-refractivity contribution in [1.29, 1.82) is 0 Å². The number of benzene rings is 2. The van der Waals surface area contributed by atoms with Gasteiger partial charge in [-0.25, -0.2) is 0 Å². The van der Waals surface area contributed by atoms with Crippen LogP contribution < -0.4 is 0 Å². The molecule has 1 heterocycles. The molecule has 0 fully saturated rings. The second-order valence-corrected chi connectivity index (χ2v) is 6.95. The van der Waals surface area contributed by atoms with Gasteiger partial charge in [0.2, 0.25) is 5.91 Å². The van der Waals surface area contributed by atoms with Gasteiger partial charge in [-0.05, 0) is 25.0 Å². The summed E-state index contributed by atoms with van der Waals surface area (Å²) in [6.45, 7) is 4.15. The summed E-state index contributed by atoms with van der Waals surface area (Å²) >= 11 is 6.41. The number of hydrogen-bond donors (Lipinski definition) is 0. The average Bonchev–Trinajstić information content (AvgIpc) is 2.65. The first-order chi connectivity index (χ1) is 12.0. The van der Waals surface area contributed by atoms with Gasteiger partial charge in [-0.15, -0.1) is 0 Å². The summed E-state index contributed by atoms with van der Waals surface area (Å²) in [6, 6.07) is 15.6. The summed E-state index contributed by atoms with van der Waals surface area (Å²) in [6.07, 6.45) is 1.55. The van der Waals surface area contributed by atoms with E-state index in [1.807, 2.05) is 48.3 Å². The highest BCUT2D eigenvalue weighted by molar-refractivity contribution is 6.35. The van der Waals surface area contributed by atoms with Crippen LogP contribution in [0.1, 0.15) is 37.0 Å². The molecular formula is C21H23ClN2O. The van der Waals surface area contributed by atoms with Crippen LogP contribution in [-0.4, -0.2) is 35.7 Å². The van der Waals surface area contributed by atoms with Crippen LogP contribution in [0.3, 0.4) is 0 Å². The molecule has 0 spiro atoms. The fourth-order valence-corrected chi connectivity index (χ4v) is 3.37. The Hall–Kier alpha value is -2.13. The molecule has 2 atom stereocenters. The minimum Gasteiger partial charge on any atom is -0.341 e. The summed E-state index contributed by atoms with van der Waals surface area (Å²) in [4.78, 5) is 19.6. The molecule has 25 heavy (non-hydrogen) atoms. The van der Waals surface area contributed by atoms with Crippen molar-refractivity contribution in [2.75, 3.05) is 7.05 Å².